The molecule has 0 radical (unpaired) electrons. The van der Waals surface area contributed by atoms with Gasteiger partial charge < -0.3 is 5.32 Å². The van der Waals surface area contributed by atoms with Crippen LogP contribution in [0.3, 0.4) is 0 Å². The topological polar surface area (TPSA) is 84.3 Å². The highest BCUT2D eigenvalue weighted by Gasteiger charge is 2.13. The van der Waals surface area contributed by atoms with Gasteiger partial charge in [-0.2, -0.15) is 10.2 Å². The van der Waals surface area contributed by atoms with E-state index in [1.807, 2.05) is 41.9 Å². The van der Waals surface area contributed by atoms with E-state index in [0.29, 0.717) is 0 Å². The van der Waals surface area contributed by atoms with Crippen molar-refractivity contribution < 1.29 is 0 Å². The number of aryl methyl sites for hydroxylation is 1. The normalized spacial score (nSPS) is 12.4. The Morgan fingerprint density at radius 1 is 1.20 bits per heavy atom. The van der Waals surface area contributed by atoms with Crippen LogP contribution in [0.15, 0.2) is 48.9 Å². The first-order valence-electron chi connectivity index (χ1n) is 8.22. The van der Waals surface area contributed by atoms with Gasteiger partial charge in [-0.15, -0.1) is 0 Å². The Labute approximate surface area is 145 Å². The third-order valence-electron chi connectivity index (χ3n) is 4.02. The summed E-state index contributed by atoms with van der Waals surface area (Å²) >= 11 is 0. The van der Waals surface area contributed by atoms with E-state index in [1.54, 1.807) is 12.5 Å². The lowest BCUT2D eigenvalue weighted by molar-refractivity contribution is 0.761. The highest BCUT2D eigenvalue weighted by Crippen LogP contribution is 2.22. The molecule has 4 aromatic rings. The second-order valence-corrected chi connectivity index (χ2v) is 6.14. The summed E-state index contributed by atoms with van der Waals surface area (Å²) in [4.78, 5) is 8.80. The van der Waals surface area contributed by atoms with Gasteiger partial charge in [-0.25, -0.2) is 14.6 Å². The van der Waals surface area contributed by atoms with E-state index >= 15 is 0 Å². The summed E-state index contributed by atoms with van der Waals surface area (Å²) in [5.41, 5.74) is 3.85. The quantitative estimate of drug-likeness (QED) is 0.587. The van der Waals surface area contributed by atoms with Gasteiger partial charge in [0, 0.05) is 18.2 Å². The molecule has 7 heteroatoms. The van der Waals surface area contributed by atoms with Gasteiger partial charge in [0.2, 0.25) is 0 Å². The van der Waals surface area contributed by atoms with E-state index in [9.17, 15) is 0 Å². The highest BCUT2D eigenvalue weighted by atomic mass is 15.3. The van der Waals surface area contributed by atoms with Gasteiger partial charge >= 0.3 is 0 Å². The van der Waals surface area contributed by atoms with Gasteiger partial charge in [0.25, 0.3) is 0 Å². The number of aromatic nitrogens is 6. The molecule has 126 valence electrons. The molecule has 1 atom stereocenters. The van der Waals surface area contributed by atoms with Gasteiger partial charge in [0.15, 0.2) is 5.65 Å². The molecule has 0 saturated carbocycles. The summed E-state index contributed by atoms with van der Waals surface area (Å²) in [6.07, 6.45) is 4.18. The third kappa shape index (κ3) is 3.08. The summed E-state index contributed by atoms with van der Waals surface area (Å²) in [5.74, 6) is 0.784. The first-order chi connectivity index (χ1) is 12.2. The molecule has 3 aromatic heterocycles. The minimum Gasteiger partial charge on any atom is -0.367 e. The number of anilines is 1. The van der Waals surface area contributed by atoms with Crippen molar-refractivity contribution in [1.29, 1.82) is 0 Å². The van der Waals surface area contributed by atoms with E-state index in [0.717, 1.165) is 40.3 Å². The number of nitrogens with zero attached hydrogens (tertiary/aromatic N) is 5. The van der Waals surface area contributed by atoms with Crippen molar-refractivity contribution in [3.05, 3.63) is 60.3 Å². The van der Waals surface area contributed by atoms with Crippen LogP contribution in [0, 0.1) is 6.92 Å². The van der Waals surface area contributed by atoms with Crippen LogP contribution in [0.2, 0.25) is 0 Å². The Morgan fingerprint density at radius 2 is 2.04 bits per heavy atom. The lowest BCUT2D eigenvalue weighted by Crippen LogP contribution is -2.19. The van der Waals surface area contributed by atoms with Crippen LogP contribution in [0.4, 0.5) is 5.82 Å². The fraction of sp³-hybridized carbons (Fsp3) is 0.222. The van der Waals surface area contributed by atoms with Crippen LogP contribution < -0.4 is 5.32 Å². The molecule has 0 aliphatic heterocycles. The number of rotatable bonds is 5. The van der Waals surface area contributed by atoms with Gasteiger partial charge in [0.05, 0.1) is 23.0 Å². The molecule has 0 saturated heterocycles. The monoisotopic (exact) mass is 333 g/mol. The molecule has 0 aliphatic rings. The Kier molecular flexibility index (Phi) is 3.89. The van der Waals surface area contributed by atoms with Crippen LogP contribution in [0.1, 0.15) is 18.3 Å². The fourth-order valence-electron chi connectivity index (χ4n) is 2.89. The SMILES string of the molecule is Cc1cc(CC(C)Nc2ncnc3c2cnn3-c2ccccc2)n[nH]1. The summed E-state index contributed by atoms with van der Waals surface area (Å²) in [5, 5.41) is 16.1. The summed E-state index contributed by atoms with van der Waals surface area (Å²) < 4.78 is 1.82. The van der Waals surface area contributed by atoms with Crippen molar-refractivity contribution in [3.63, 3.8) is 0 Å². The zero-order valence-corrected chi connectivity index (χ0v) is 14.1. The van der Waals surface area contributed by atoms with Gasteiger partial charge in [-0.1, -0.05) is 18.2 Å². The molecule has 4 rings (SSSR count). The standard InChI is InChI=1S/C18H19N7/c1-12(8-14-9-13(2)23-24-14)22-17-16-10-21-25(18(16)20-11-19-17)15-6-4-3-5-7-15/h3-7,9-12H,8H2,1-2H3,(H,23,24)(H,19,20,22). The van der Waals surface area contributed by atoms with Gasteiger partial charge in [-0.05, 0) is 32.0 Å². The lowest BCUT2D eigenvalue weighted by Gasteiger charge is -2.13. The molecule has 3 heterocycles. The number of fused-ring (bicyclic) bond motifs is 1. The molecular formula is C18H19N7. The van der Waals surface area contributed by atoms with Crippen LogP contribution in [-0.4, -0.2) is 36.0 Å². The van der Waals surface area contributed by atoms with Crippen LogP contribution >= 0.6 is 0 Å². The second kappa shape index (κ2) is 6.35. The molecule has 7 nitrogen and oxygen atoms in total. The molecule has 1 aromatic carbocycles. The molecule has 1 unspecified atom stereocenters. The number of aromatic amines is 1. The van der Waals surface area contributed by atoms with Crippen LogP contribution in [0.5, 0.6) is 0 Å². The largest absolute Gasteiger partial charge is 0.367 e. The number of para-hydroxylation sites is 1. The number of benzene rings is 1. The van der Waals surface area contributed by atoms with E-state index in [2.05, 4.69) is 43.6 Å². The summed E-state index contributed by atoms with van der Waals surface area (Å²) in [6, 6.07) is 12.2. The predicted octanol–water partition coefficient (Wildman–Crippen LogP) is 2.89. The molecule has 0 bridgehead atoms. The van der Waals surface area contributed by atoms with Crippen molar-refractivity contribution >= 4 is 16.9 Å². The maximum Gasteiger partial charge on any atom is 0.168 e. The summed E-state index contributed by atoms with van der Waals surface area (Å²) in [6.45, 7) is 4.11. The van der Waals surface area contributed by atoms with Crippen LogP contribution in [-0.2, 0) is 6.42 Å². The molecule has 0 spiro atoms. The summed E-state index contributed by atoms with van der Waals surface area (Å²) in [7, 11) is 0. The number of hydrogen-bond acceptors (Lipinski definition) is 5. The minimum atomic E-state index is 0.181. The zero-order valence-electron chi connectivity index (χ0n) is 14.1. The molecule has 0 fully saturated rings. The average molecular weight is 333 g/mol. The van der Waals surface area contributed by atoms with Gasteiger partial charge in [0.1, 0.15) is 12.1 Å². The average Bonchev–Trinajstić information content (AvgIpc) is 3.22. The Bertz CT molecular complexity index is 987. The maximum absolute atomic E-state index is 4.48. The fourth-order valence-corrected chi connectivity index (χ4v) is 2.89. The van der Waals surface area contributed by atoms with Crippen molar-refractivity contribution in [2.24, 2.45) is 0 Å². The van der Waals surface area contributed by atoms with E-state index in [-0.39, 0.29) is 6.04 Å². The Hall–Kier alpha value is -3.22. The smallest absolute Gasteiger partial charge is 0.168 e. The number of hydrogen-bond donors (Lipinski definition) is 2. The van der Waals surface area contributed by atoms with Gasteiger partial charge in [-0.3, -0.25) is 5.10 Å². The number of nitrogens with one attached hydrogen (secondary N) is 2. The maximum atomic E-state index is 4.48. The molecular weight excluding hydrogens is 314 g/mol. The Balaban J connectivity index is 1.61. The third-order valence-corrected chi connectivity index (χ3v) is 4.02. The van der Waals surface area contributed by atoms with Crippen molar-refractivity contribution in [3.8, 4) is 5.69 Å². The number of H-pyrrole nitrogens is 1. The van der Waals surface area contributed by atoms with Crippen LogP contribution in [0.25, 0.3) is 16.7 Å². The van der Waals surface area contributed by atoms with Crippen molar-refractivity contribution in [1.82, 2.24) is 29.9 Å². The Morgan fingerprint density at radius 3 is 2.80 bits per heavy atom. The van der Waals surface area contributed by atoms with Crippen molar-refractivity contribution in [2.45, 2.75) is 26.3 Å². The predicted molar refractivity (Wildman–Crippen MR) is 96.8 cm³/mol. The zero-order chi connectivity index (χ0) is 17.2. The molecule has 0 amide bonds. The highest BCUT2D eigenvalue weighted by molar-refractivity contribution is 5.87. The molecule has 0 aliphatic carbocycles. The second-order valence-electron chi connectivity index (χ2n) is 6.14. The molecule has 25 heavy (non-hydrogen) atoms. The first kappa shape index (κ1) is 15.3. The van der Waals surface area contributed by atoms with E-state index in [4.69, 9.17) is 0 Å². The van der Waals surface area contributed by atoms with E-state index in [1.165, 1.54) is 0 Å². The van der Waals surface area contributed by atoms with Crippen molar-refractivity contribution in [2.75, 3.05) is 5.32 Å². The molecule has 2 N–H and O–H groups in total. The lowest BCUT2D eigenvalue weighted by atomic mass is 10.1. The first-order valence-corrected chi connectivity index (χ1v) is 8.22. The minimum absolute atomic E-state index is 0.181. The van der Waals surface area contributed by atoms with E-state index < -0.39 is 0 Å².